The number of Topliss-reactive ketones (excluding diaryl/α,β-unsaturated/α-hetero) is 1. The number of hydrogen-bond acceptors (Lipinski definition) is 5. The van der Waals surface area contributed by atoms with E-state index in [0.29, 0.717) is 28.3 Å². The SMILES string of the molecule is COc1ccccc1C1/C(=C(\O)c2ccc(OC(C)C)cc2)C(=O)C(=O)N1c1cccc(C)c1. The van der Waals surface area contributed by atoms with Crippen LogP contribution in [0.4, 0.5) is 5.69 Å². The number of hydrogen-bond donors (Lipinski definition) is 1. The molecule has 34 heavy (non-hydrogen) atoms. The van der Waals surface area contributed by atoms with E-state index in [9.17, 15) is 14.7 Å². The van der Waals surface area contributed by atoms with Crippen molar-refractivity contribution in [2.45, 2.75) is 32.9 Å². The molecule has 0 aromatic heterocycles. The summed E-state index contributed by atoms with van der Waals surface area (Å²) >= 11 is 0. The summed E-state index contributed by atoms with van der Waals surface area (Å²) in [6.07, 6.45) is 0.00430. The zero-order valence-electron chi connectivity index (χ0n) is 19.6. The maximum absolute atomic E-state index is 13.3. The van der Waals surface area contributed by atoms with E-state index in [0.717, 1.165) is 5.56 Å². The zero-order valence-corrected chi connectivity index (χ0v) is 19.6. The fraction of sp³-hybridized carbons (Fsp3) is 0.214. The molecular weight excluding hydrogens is 430 g/mol. The topological polar surface area (TPSA) is 76.1 Å². The molecule has 6 nitrogen and oxygen atoms in total. The molecule has 174 valence electrons. The summed E-state index contributed by atoms with van der Waals surface area (Å²) in [4.78, 5) is 28.0. The van der Waals surface area contributed by atoms with Gasteiger partial charge in [0.1, 0.15) is 17.3 Å². The van der Waals surface area contributed by atoms with Gasteiger partial charge in [-0.05, 0) is 68.8 Å². The molecule has 1 aliphatic heterocycles. The fourth-order valence-corrected chi connectivity index (χ4v) is 4.18. The van der Waals surface area contributed by atoms with Crippen molar-refractivity contribution in [3.8, 4) is 11.5 Å². The van der Waals surface area contributed by atoms with Crippen LogP contribution in [0.2, 0.25) is 0 Å². The van der Waals surface area contributed by atoms with Crippen LogP contribution in [0, 0.1) is 6.92 Å². The summed E-state index contributed by atoms with van der Waals surface area (Å²) in [5.74, 6) is -0.549. The van der Waals surface area contributed by atoms with Gasteiger partial charge >= 0.3 is 0 Å². The van der Waals surface area contributed by atoms with Gasteiger partial charge < -0.3 is 14.6 Å². The van der Waals surface area contributed by atoms with Gasteiger partial charge in [-0.1, -0.05) is 30.3 Å². The quantitative estimate of drug-likeness (QED) is 0.304. The maximum atomic E-state index is 13.3. The third kappa shape index (κ3) is 4.27. The Morgan fingerprint density at radius 1 is 0.971 bits per heavy atom. The molecule has 3 aromatic carbocycles. The molecule has 1 aliphatic rings. The van der Waals surface area contributed by atoms with Crippen molar-refractivity contribution >= 4 is 23.1 Å². The first kappa shape index (κ1) is 23.1. The minimum absolute atomic E-state index is 0.00430. The largest absolute Gasteiger partial charge is 0.507 e. The first-order chi connectivity index (χ1) is 16.3. The van der Waals surface area contributed by atoms with Crippen molar-refractivity contribution in [1.29, 1.82) is 0 Å². The monoisotopic (exact) mass is 457 g/mol. The van der Waals surface area contributed by atoms with Gasteiger partial charge in [0.15, 0.2) is 0 Å². The number of ketones is 1. The third-order valence-electron chi connectivity index (χ3n) is 5.66. The molecule has 0 spiro atoms. The summed E-state index contributed by atoms with van der Waals surface area (Å²) in [7, 11) is 1.53. The number of carbonyl (C=O) groups excluding carboxylic acids is 2. The molecule has 0 saturated carbocycles. The van der Waals surface area contributed by atoms with E-state index in [1.807, 2.05) is 51.1 Å². The van der Waals surface area contributed by atoms with E-state index in [1.54, 1.807) is 42.5 Å². The standard InChI is InChI=1S/C28H27NO5/c1-17(2)34-21-14-12-19(13-15-21)26(30)24-25(22-10-5-6-11-23(22)33-4)29(28(32)27(24)31)20-9-7-8-18(3)16-20/h5-17,25,30H,1-4H3/b26-24+. The van der Waals surface area contributed by atoms with Crippen LogP contribution in [0.15, 0.2) is 78.4 Å². The molecule has 1 heterocycles. The van der Waals surface area contributed by atoms with E-state index in [1.165, 1.54) is 12.0 Å². The average molecular weight is 458 g/mol. The number of aliphatic hydroxyl groups is 1. The Balaban J connectivity index is 1.91. The Bertz CT molecular complexity index is 1260. The molecule has 1 amide bonds. The molecule has 0 radical (unpaired) electrons. The Morgan fingerprint density at radius 3 is 2.32 bits per heavy atom. The normalized spacial score (nSPS) is 17.3. The predicted octanol–water partition coefficient (Wildman–Crippen LogP) is 5.42. The van der Waals surface area contributed by atoms with E-state index in [4.69, 9.17) is 9.47 Å². The zero-order chi connectivity index (χ0) is 24.4. The second-order valence-corrected chi connectivity index (χ2v) is 8.44. The van der Waals surface area contributed by atoms with Gasteiger partial charge in [0.25, 0.3) is 11.7 Å². The van der Waals surface area contributed by atoms with Crippen LogP contribution in [0.1, 0.15) is 36.6 Å². The van der Waals surface area contributed by atoms with Crippen LogP contribution < -0.4 is 14.4 Å². The highest BCUT2D eigenvalue weighted by molar-refractivity contribution is 6.51. The Labute approximate surface area is 199 Å². The molecular formula is C28H27NO5. The van der Waals surface area contributed by atoms with Crippen LogP contribution in [0.25, 0.3) is 5.76 Å². The van der Waals surface area contributed by atoms with E-state index >= 15 is 0 Å². The van der Waals surface area contributed by atoms with E-state index < -0.39 is 17.7 Å². The van der Waals surface area contributed by atoms with E-state index in [2.05, 4.69) is 0 Å². The molecule has 1 atom stereocenters. The highest BCUT2D eigenvalue weighted by Crippen LogP contribution is 2.45. The minimum atomic E-state index is -0.857. The lowest BCUT2D eigenvalue weighted by atomic mass is 9.94. The number of anilines is 1. The Morgan fingerprint density at radius 2 is 1.68 bits per heavy atom. The molecule has 1 unspecified atom stereocenters. The van der Waals surface area contributed by atoms with Gasteiger partial charge in [0, 0.05) is 16.8 Å². The number of aliphatic hydroxyl groups excluding tert-OH is 1. The predicted molar refractivity (Wildman–Crippen MR) is 131 cm³/mol. The van der Waals surface area contributed by atoms with Gasteiger partial charge in [-0.3, -0.25) is 14.5 Å². The van der Waals surface area contributed by atoms with Crippen LogP contribution in [-0.2, 0) is 9.59 Å². The van der Waals surface area contributed by atoms with Gasteiger partial charge in [0.05, 0.1) is 24.8 Å². The first-order valence-electron chi connectivity index (χ1n) is 11.1. The van der Waals surface area contributed by atoms with Gasteiger partial charge in [-0.2, -0.15) is 0 Å². The van der Waals surface area contributed by atoms with Crippen LogP contribution in [0.3, 0.4) is 0 Å². The molecule has 1 N–H and O–H groups in total. The number of amides is 1. The number of rotatable bonds is 6. The number of benzene rings is 3. The lowest BCUT2D eigenvalue weighted by Gasteiger charge is -2.27. The highest BCUT2D eigenvalue weighted by Gasteiger charge is 2.47. The average Bonchev–Trinajstić information content (AvgIpc) is 3.09. The molecule has 0 bridgehead atoms. The highest BCUT2D eigenvalue weighted by atomic mass is 16.5. The van der Waals surface area contributed by atoms with Crippen molar-refractivity contribution in [2.75, 3.05) is 12.0 Å². The number of aryl methyl sites for hydroxylation is 1. The number of carbonyl (C=O) groups is 2. The van der Waals surface area contributed by atoms with Gasteiger partial charge in [-0.15, -0.1) is 0 Å². The molecule has 6 heteroatoms. The summed E-state index contributed by atoms with van der Waals surface area (Å²) in [6, 6.07) is 20.5. The van der Waals surface area contributed by atoms with Crippen LogP contribution >= 0.6 is 0 Å². The molecule has 3 aromatic rings. The molecule has 0 aliphatic carbocycles. The summed E-state index contributed by atoms with van der Waals surface area (Å²) in [6.45, 7) is 5.76. The molecule has 4 rings (SSSR count). The smallest absolute Gasteiger partial charge is 0.300 e. The van der Waals surface area contributed by atoms with Crippen LogP contribution in [0.5, 0.6) is 11.5 Å². The fourth-order valence-electron chi connectivity index (χ4n) is 4.18. The second-order valence-electron chi connectivity index (χ2n) is 8.44. The maximum Gasteiger partial charge on any atom is 0.300 e. The lowest BCUT2D eigenvalue weighted by molar-refractivity contribution is -0.132. The van der Waals surface area contributed by atoms with Gasteiger partial charge in [0.2, 0.25) is 0 Å². The molecule has 1 fully saturated rings. The number of nitrogens with zero attached hydrogens (tertiary/aromatic N) is 1. The number of methoxy groups -OCH3 is 1. The van der Waals surface area contributed by atoms with Crippen molar-refractivity contribution in [3.63, 3.8) is 0 Å². The van der Waals surface area contributed by atoms with E-state index in [-0.39, 0.29) is 17.4 Å². The molecule has 1 saturated heterocycles. The van der Waals surface area contributed by atoms with Gasteiger partial charge in [-0.25, -0.2) is 0 Å². The minimum Gasteiger partial charge on any atom is -0.507 e. The van der Waals surface area contributed by atoms with Crippen molar-refractivity contribution in [2.24, 2.45) is 0 Å². The van der Waals surface area contributed by atoms with Crippen molar-refractivity contribution in [1.82, 2.24) is 0 Å². The summed E-state index contributed by atoms with van der Waals surface area (Å²) in [5.41, 5.74) is 2.54. The Hall–Kier alpha value is -4.06. The van der Waals surface area contributed by atoms with Crippen molar-refractivity contribution < 1.29 is 24.2 Å². The Kier molecular flexibility index (Phi) is 6.41. The second kappa shape index (κ2) is 9.43. The van der Waals surface area contributed by atoms with Crippen molar-refractivity contribution in [3.05, 3.63) is 95.1 Å². The summed E-state index contributed by atoms with van der Waals surface area (Å²) < 4.78 is 11.2. The van der Waals surface area contributed by atoms with Crippen LogP contribution in [-0.4, -0.2) is 30.0 Å². The lowest BCUT2D eigenvalue weighted by Crippen LogP contribution is -2.29. The third-order valence-corrected chi connectivity index (χ3v) is 5.66. The summed E-state index contributed by atoms with van der Waals surface area (Å²) in [5, 5.41) is 11.3. The number of ether oxygens (including phenoxy) is 2. The first-order valence-corrected chi connectivity index (χ1v) is 11.1. The number of para-hydroxylation sites is 1.